The predicted octanol–water partition coefficient (Wildman–Crippen LogP) is 1.58. The number of amides is 1. The van der Waals surface area contributed by atoms with Gasteiger partial charge in [0.15, 0.2) is 0 Å². The van der Waals surface area contributed by atoms with E-state index in [0.29, 0.717) is 18.3 Å². The van der Waals surface area contributed by atoms with Crippen LogP contribution in [0.3, 0.4) is 0 Å². The minimum absolute atomic E-state index is 0.0654. The number of hydrogen-bond donors (Lipinski definition) is 1. The molecule has 2 aromatic rings. The van der Waals surface area contributed by atoms with Gasteiger partial charge in [-0.1, -0.05) is 0 Å². The van der Waals surface area contributed by atoms with E-state index in [4.69, 9.17) is 13.9 Å². The standard InChI is InChI=1S/C16H19N3O4/c1-21-12-6-4-11(5-7-12)16-19-18-15(23-16)9-14(20)17-10-13-3-2-8-22-13/h4-7,13H,2-3,8-10H2,1H3,(H,17,20). The highest BCUT2D eigenvalue weighted by atomic mass is 16.5. The fourth-order valence-electron chi connectivity index (χ4n) is 2.41. The van der Waals surface area contributed by atoms with Gasteiger partial charge in [0, 0.05) is 18.7 Å². The van der Waals surface area contributed by atoms with Crippen LogP contribution in [0.5, 0.6) is 5.75 Å². The molecule has 1 N–H and O–H groups in total. The minimum atomic E-state index is -0.148. The van der Waals surface area contributed by atoms with Crippen molar-refractivity contribution in [1.82, 2.24) is 15.5 Å². The Labute approximate surface area is 134 Å². The van der Waals surface area contributed by atoms with Crippen LogP contribution in [-0.4, -0.2) is 42.5 Å². The Kier molecular flexibility index (Phi) is 4.87. The Hall–Kier alpha value is -2.41. The van der Waals surface area contributed by atoms with Crippen LogP contribution in [0, 0.1) is 0 Å². The Bertz CT molecular complexity index is 648. The molecule has 1 aromatic heterocycles. The van der Waals surface area contributed by atoms with Crippen molar-refractivity contribution in [3.8, 4) is 17.2 Å². The van der Waals surface area contributed by atoms with Crippen molar-refractivity contribution in [2.45, 2.75) is 25.4 Å². The smallest absolute Gasteiger partial charge is 0.247 e. The zero-order valence-corrected chi connectivity index (χ0v) is 12.9. The summed E-state index contributed by atoms with van der Waals surface area (Å²) in [6.45, 7) is 1.30. The lowest BCUT2D eigenvalue weighted by Gasteiger charge is -2.09. The number of aromatic nitrogens is 2. The second-order valence-electron chi connectivity index (χ2n) is 5.35. The highest BCUT2D eigenvalue weighted by Crippen LogP contribution is 2.21. The molecule has 1 amide bonds. The van der Waals surface area contributed by atoms with E-state index in [1.807, 2.05) is 24.3 Å². The Morgan fingerprint density at radius 3 is 2.87 bits per heavy atom. The molecule has 0 aliphatic carbocycles. The van der Waals surface area contributed by atoms with Gasteiger partial charge >= 0.3 is 0 Å². The van der Waals surface area contributed by atoms with E-state index in [1.54, 1.807) is 7.11 Å². The molecular weight excluding hydrogens is 298 g/mol. The van der Waals surface area contributed by atoms with E-state index in [-0.39, 0.29) is 18.4 Å². The zero-order chi connectivity index (χ0) is 16.1. The molecule has 1 aliphatic rings. The van der Waals surface area contributed by atoms with Gasteiger partial charge in [-0.15, -0.1) is 10.2 Å². The molecule has 0 radical (unpaired) electrons. The van der Waals surface area contributed by atoms with Crippen molar-refractivity contribution in [2.24, 2.45) is 0 Å². The normalized spacial score (nSPS) is 17.2. The van der Waals surface area contributed by atoms with Crippen molar-refractivity contribution in [2.75, 3.05) is 20.3 Å². The van der Waals surface area contributed by atoms with Crippen molar-refractivity contribution in [3.05, 3.63) is 30.2 Å². The number of carbonyl (C=O) groups is 1. The maximum absolute atomic E-state index is 11.9. The van der Waals surface area contributed by atoms with E-state index in [2.05, 4.69) is 15.5 Å². The van der Waals surface area contributed by atoms with E-state index in [9.17, 15) is 4.79 Å². The number of methoxy groups -OCH3 is 1. The van der Waals surface area contributed by atoms with Gasteiger partial charge < -0.3 is 19.2 Å². The third-order valence-electron chi connectivity index (χ3n) is 3.67. The fourth-order valence-corrected chi connectivity index (χ4v) is 2.41. The van der Waals surface area contributed by atoms with Crippen molar-refractivity contribution in [3.63, 3.8) is 0 Å². The molecule has 23 heavy (non-hydrogen) atoms. The molecule has 0 saturated carbocycles. The SMILES string of the molecule is COc1ccc(-c2nnc(CC(=O)NCC3CCCO3)o2)cc1. The molecule has 1 aliphatic heterocycles. The van der Waals surface area contributed by atoms with Gasteiger partial charge in [-0.2, -0.15) is 0 Å². The first-order valence-corrected chi connectivity index (χ1v) is 7.59. The summed E-state index contributed by atoms with van der Waals surface area (Å²) in [5, 5.41) is 10.7. The molecule has 3 rings (SSSR count). The lowest BCUT2D eigenvalue weighted by molar-refractivity contribution is -0.121. The van der Waals surface area contributed by atoms with Crippen LogP contribution in [0.15, 0.2) is 28.7 Å². The van der Waals surface area contributed by atoms with Gasteiger partial charge in [0.1, 0.15) is 12.2 Å². The van der Waals surface area contributed by atoms with Crippen LogP contribution in [0.2, 0.25) is 0 Å². The number of nitrogens with zero attached hydrogens (tertiary/aromatic N) is 2. The molecule has 122 valence electrons. The number of benzene rings is 1. The third-order valence-corrected chi connectivity index (χ3v) is 3.67. The van der Waals surface area contributed by atoms with E-state index in [0.717, 1.165) is 30.8 Å². The summed E-state index contributed by atoms with van der Waals surface area (Å²) in [6.07, 6.45) is 2.23. The Morgan fingerprint density at radius 1 is 1.35 bits per heavy atom. The second kappa shape index (κ2) is 7.23. The minimum Gasteiger partial charge on any atom is -0.497 e. The molecule has 1 aromatic carbocycles. The Morgan fingerprint density at radius 2 is 2.17 bits per heavy atom. The number of rotatable bonds is 6. The molecule has 7 nitrogen and oxygen atoms in total. The van der Waals surface area contributed by atoms with Gasteiger partial charge in [0.05, 0.1) is 13.2 Å². The van der Waals surface area contributed by atoms with Crippen LogP contribution >= 0.6 is 0 Å². The van der Waals surface area contributed by atoms with Gasteiger partial charge in [-0.05, 0) is 37.1 Å². The third kappa shape index (κ3) is 4.07. The first kappa shape index (κ1) is 15.5. The van der Waals surface area contributed by atoms with Crippen molar-refractivity contribution in [1.29, 1.82) is 0 Å². The summed E-state index contributed by atoms with van der Waals surface area (Å²) in [7, 11) is 1.61. The quantitative estimate of drug-likeness (QED) is 0.870. The molecule has 1 unspecified atom stereocenters. The van der Waals surface area contributed by atoms with Crippen molar-refractivity contribution >= 4 is 5.91 Å². The van der Waals surface area contributed by atoms with Crippen LogP contribution in [0.25, 0.3) is 11.5 Å². The molecular formula is C16H19N3O4. The first-order valence-electron chi connectivity index (χ1n) is 7.59. The summed E-state index contributed by atoms with van der Waals surface area (Å²) < 4.78 is 16.1. The second-order valence-corrected chi connectivity index (χ2v) is 5.35. The molecule has 0 bridgehead atoms. The number of hydrogen-bond acceptors (Lipinski definition) is 6. The molecule has 0 spiro atoms. The van der Waals surface area contributed by atoms with Crippen LogP contribution in [0.1, 0.15) is 18.7 Å². The van der Waals surface area contributed by atoms with Crippen LogP contribution in [-0.2, 0) is 16.0 Å². The molecule has 1 saturated heterocycles. The number of ether oxygens (including phenoxy) is 2. The van der Waals surface area contributed by atoms with Gasteiger partial charge in [-0.25, -0.2) is 0 Å². The zero-order valence-electron chi connectivity index (χ0n) is 12.9. The van der Waals surface area contributed by atoms with Crippen molar-refractivity contribution < 1.29 is 18.7 Å². The Balaban J connectivity index is 1.54. The summed E-state index contributed by atoms with van der Waals surface area (Å²) in [6, 6.07) is 7.28. The van der Waals surface area contributed by atoms with E-state index < -0.39 is 0 Å². The number of carbonyl (C=O) groups excluding carboxylic acids is 1. The average molecular weight is 317 g/mol. The van der Waals surface area contributed by atoms with E-state index in [1.165, 1.54) is 0 Å². The summed E-state index contributed by atoms with van der Waals surface area (Å²) in [5.74, 6) is 1.28. The van der Waals surface area contributed by atoms with Gasteiger partial charge in [0.2, 0.25) is 17.7 Å². The summed E-state index contributed by atoms with van der Waals surface area (Å²) >= 11 is 0. The fraction of sp³-hybridized carbons (Fsp3) is 0.438. The maximum atomic E-state index is 11.9. The highest BCUT2D eigenvalue weighted by molar-refractivity contribution is 5.77. The molecule has 1 fully saturated rings. The topological polar surface area (TPSA) is 86.5 Å². The number of nitrogens with one attached hydrogen (secondary N) is 1. The lowest BCUT2D eigenvalue weighted by Crippen LogP contribution is -2.32. The predicted molar refractivity (Wildman–Crippen MR) is 82.0 cm³/mol. The molecule has 2 heterocycles. The maximum Gasteiger partial charge on any atom is 0.247 e. The summed E-state index contributed by atoms with van der Waals surface area (Å²) in [4.78, 5) is 11.9. The van der Waals surface area contributed by atoms with E-state index >= 15 is 0 Å². The lowest BCUT2D eigenvalue weighted by atomic mass is 10.2. The van der Waals surface area contributed by atoms with Gasteiger partial charge in [-0.3, -0.25) is 4.79 Å². The van der Waals surface area contributed by atoms with Crippen LogP contribution in [0.4, 0.5) is 0 Å². The monoisotopic (exact) mass is 317 g/mol. The average Bonchev–Trinajstić information content (AvgIpc) is 3.25. The summed E-state index contributed by atoms with van der Waals surface area (Å²) in [5.41, 5.74) is 0.782. The van der Waals surface area contributed by atoms with Crippen LogP contribution < -0.4 is 10.1 Å². The van der Waals surface area contributed by atoms with Gasteiger partial charge in [0.25, 0.3) is 0 Å². The molecule has 7 heteroatoms. The molecule has 1 atom stereocenters. The first-order chi connectivity index (χ1) is 11.2. The highest BCUT2D eigenvalue weighted by Gasteiger charge is 2.17. The largest absolute Gasteiger partial charge is 0.497 e.